The molecule has 4 rings (SSSR count). The van der Waals surface area contributed by atoms with Gasteiger partial charge in [-0.05, 0) is 44.0 Å². The van der Waals surface area contributed by atoms with Crippen LogP contribution in [-0.2, 0) is 13.5 Å². The number of aryl methyl sites for hydroxylation is 2. The monoisotopic (exact) mass is 470 g/mol. The minimum Gasteiger partial charge on any atom is -0.492 e. The second-order valence-corrected chi connectivity index (χ2v) is 7.65. The summed E-state index contributed by atoms with van der Waals surface area (Å²) < 4.78 is 46.6. The summed E-state index contributed by atoms with van der Waals surface area (Å²) in [7, 11) is 1.69. The van der Waals surface area contributed by atoms with Gasteiger partial charge >= 0.3 is 0 Å². The zero-order valence-electron chi connectivity index (χ0n) is 18.8. The summed E-state index contributed by atoms with van der Waals surface area (Å²) in [5.74, 6) is -4.60. The number of halogens is 3. The second-order valence-electron chi connectivity index (χ2n) is 7.65. The second kappa shape index (κ2) is 8.65. The molecule has 4 aromatic rings. The van der Waals surface area contributed by atoms with Crippen molar-refractivity contribution in [2.75, 3.05) is 0 Å². The van der Waals surface area contributed by atoms with Crippen LogP contribution in [-0.4, -0.2) is 24.3 Å². The molecule has 8 nitrogen and oxygen atoms in total. The maximum atomic E-state index is 14.6. The van der Waals surface area contributed by atoms with Gasteiger partial charge in [0.2, 0.25) is 5.88 Å². The van der Waals surface area contributed by atoms with Gasteiger partial charge < -0.3 is 5.11 Å². The molecule has 0 spiro atoms. The molecule has 0 aliphatic rings. The van der Waals surface area contributed by atoms with E-state index in [0.717, 1.165) is 0 Å². The third-order valence-corrected chi connectivity index (χ3v) is 5.54. The zero-order valence-corrected chi connectivity index (χ0v) is 18.8. The van der Waals surface area contributed by atoms with E-state index in [0.29, 0.717) is 22.1 Å². The van der Waals surface area contributed by atoms with E-state index in [1.165, 1.54) is 11.6 Å². The number of azo groups is 1. The first kappa shape index (κ1) is 23.0. The van der Waals surface area contributed by atoms with Gasteiger partial charge in [0.15, 0.2) is 28.8 Å². The van der Waals surface area contributed by atoms with Gasteiger partial charge in [-0.25, -0.2) is 17.9 Å². The van der Waals surface area contributed by atoms with Crippen molar-refractivity contribution >= 4 is 11.4 Å². The first-order chi connectivity index (χ1) is 16.2. The third-order valence-electron chi connectivity index (χ3n) is 5.54. The highest BCUT2D eigenvalue weighted by atomic mass is 19.2. The Balaban J connectivity index is 1.85. The van der Waals surface area contributed by atoms with Crippen molar-refractivity contribution in [1.82, 2.24) is 19.1 Å². The van der Waals surface area contributed by atoms with Gasteiger partial charge in [0.25, 0.3) is 5.56 Å². The summed E-state index contributed by atoms with van der Waals surface area (Å²) in [6.07, 6.45) is 0.217. The molecule has 0 fully saturated rings. The lowest BCUT2D eigenvalue weighted by Gasteiger charge is -2.09. The highest BCUT2D eigenvalue weighted by molar-refractivity contribution is 5.56. The average Bonchev–Trinajstić information content (AvgIpc) is 3.24. The Morgan fingerprint density at radius 3 is 2.32 bits per heavy atom. The van der Waals surface area contributed by atoms with Crippen molar-refractivity contribution in [2.24, 2.45) is 17.3 Å². The lowest BCUT2D eigenvalue weighted by molar-refractivity contribution is 0.419. The number of hydrogen-bond acceptors (Lipinski definition) is 5. The molecule has 0 unspecified atom stereocenters. The molecule has 0 atom stereocenters. The summed E-state index contributed by atoms with van der Waals surface area (Å²) in [4.78, 5) is 13.0. The molecule has 2 aromatic heterocycles. The van der Waals surface area contributed by atoms with Crippen molar-refractivity contribution in [2.45, 2.75) is 27.2 Å². The maximum Gasteiger partial charge on any atom is 0.299 e. The summed E-state index contributed by atoms with van der Waals surface area (Å²) in [5.41, 5.74) is -0.370. The van der Waals surface area contributed by atoms with Crippen LogP contribution in [0.15, 0.2) is 51.4 Å². The van der Waals surface area contributed by atoms with Gasteiger partial charge in [-0.15, -0.1) is 10.2 Å². The van der Waals surface area contributed by atoms with Gasteiger partial charge in [-0.2, -0.15) is 9.78 Å². The quantitative estimate of drug-likeness (QED) is 0.326. The topological polar surface area (TPSA) is 89.7 Å². The molecule has 2 aromatic carbocycles. The van der Waals surface area contributed by atoms with Crippen molar-refractivity contribution in [3.63, 3.8) is 0 Å². The van der Waals surface area contributed by atoms with Crippen LogP contribution >= 0.6 is 0 Å². The van der Waals surface area contributed by atoms with Gasteiger partial charge in [-0.3, -0.25) is 9.48 Å². The Bertz CT molecular complexity index is 1460. The molecule has 0 radical (unpaired) electrons. The Morgan fingerprint density at radius 2 is 1.68 bits per heavy atom. The SMILES string of the molecule is CCc1nn(-c2c(F)c(C)cc(F)c2F)c(O)c1/N=N/c1c(C)n(C)n(-c2ccccc2)c1=O. The molecule has 0 saturated heterocycles. The third kappa shape index (κ3) is 3.58. The summed E-state index contributed by atoms with van der Waals surface area (Å²) >= 11 is 0. The first-order valence-electron chi connectivity index (χ1n) is 10.4. The Labute approximate surface area is 192 Å². The smallest absolute Gasteiger partial charge is 0.299 e. The molecule has 1 N–H and O–H groups in total. The summed E-state index contributed by atoms with van der Waals surface area (Å²) in [6.45, 7) is 4.63. The van der Waals surface area contributed by atoms with Gasteiger partial charge in [0.1, 0.15) is 5.69 Å². The molecule has 0 aliphatic carbocycles. The van der Waals surface area contributed by atoms with E-state index in [4.69, 9.17) is 0 Å². The maximum absolute atomic E-state index is 14.6. The lowest BCUT2D eigenvalue weighted by atomic mass is 10.2. The molecule has 0 bridgehead atoms. The fourth-order valence-corrected chi connectivity index (χ4v) is 3.61. The van der Waals surface area contributed by atoms with Crippen LogP contribution in [0, 0.1) is 31.3 Å². The summed E-state index contributed by atoms with van der Waals surface area (Å²) in [6, 6.07) is 9.64. The predicted octanol–water partition coefficient (Wildman–Crippen LogP) is 5.08. The lowest BCUT2D eigenvalue weighted by Crippen LogP contribution is -2.19. The minimum atomic E-state index is -1.50. The van der Waals surface area contributed by atoms with E-state index in [1.807, 2.05) is 6.07 Å². The van der Waals surface area contributed by atoms with Crippen molar-refractivity contribution in [1.29, 1.82) is 0 Å². The minimum absolute atomic E-state index is 0.0134. The van der Waals surface area contributed by atoms with Crippen molar-refractivity contribution in [3.8, 4) is 17.3 Å². The number of aromatic hydroxyl groups is 1. The van der Waals surface area contributed by atoms with Gasteiger partial charge in [0.05, 0.1) is 17.1 Å². The van der Waals surface area contributed by atoms with Gasteiger partial charge in [0, 0.05) is 7.05 Å². The Morgan fingerprint density at radius 1 is 1.03 bits per heavy atom. The number of para-hydroxylation sites is 1. The van der Waals surface area contributed by atoms with E-state index in [2.05, 4.69) is 15.3 Å². The van der Waals surface area contributed by atoms with Crippen LogP contribution in [0.25, 0.3) is 11.4 Å². The number of aromatic nitrogens is 4. The molecule has 34 heavy (non-hydrogen) atoms. The zero-order chi connectivity index (χ0) is 24.7. The molecule has 176 valence electrons. The average molecular weight is 470 g/mol. The molecule has 11 heteroatoms. The standard InChI is InChI=1S/C23H21F3N6O2/c1-5-16-20(22(33)31(29-16)21-17(25)12(2)11-15(24)18(21)26)28-27-19-13(3)30(4)32(23(19)34)14-9-7-6-8-10-14/h6-11,33H,5H2,1-4H3/b28-27+. The predicted molar refractivity (Wildman–Crippen MR) is 119 cm³/mol. The normalized spacial score (nSPS) is 11.6. The highest BCUT2D eigenvalue weighted by Crippen LogP contribution is 2.36. The Hall–Kier alpha value is -4.15. The fraction of sp³-hybridized carbons (Fsp3) is 0.217. The summed E-state index contributed by atoms with van der Waals surface area (Å²) in [5, 5.41) is 22.7. The van der Waals surface area contributed by atoms with Crippen LogP contribution in [0.5, 0.6) is 5.88 Å². The van der Waals surface area contributed by atoms with Crippen molar-refractivity contribution in [3.05, 3.63) is 81.2 Å². The van der Waals surface area contributed by atoms with E-state index in [-0.39, 0.29) is 29.1 Å². The molecule has 0 aliphatic heterocycles. The molecule has 0 amide bonds. The number of hydrogen-bond donors (Lipinski definition) is 1. The highest BCUT2D eigenvalue weighted by Gasteiger charge is 2.26. The largest absolute Gasteiger partial charge is 0.492 e. The molecular formula is C23H21F3N6O2. The Kier molecular flexibility index (Phi) is 5.86. The van der Waals surface area contributed by atoms with Crippen LogP contribution in [0.3, 0.4) is 0 Å². The van der Waals surface area contributed by atoms with Crippen LogP contribution in [0.1, 0.15) is 23.9 Å². The van der Waals surface area contributed by atoms with Crippen molar-refractivity contribution < 1.29 is 18.3 Å². The first-order valence-corrected chi connectivity index (χ1v) is 10.4. The van der Waals surface area contributed by atoms with E-state index >= 15 is 0 Å². The van der Waals surface area contributed by atoms with Gasteiger partial charge in [-0.1, -0.05) is 25.1 Å². The fourth-order valence-electron chi connectivity index (χ4n) is 3.61. The number of nitrogens with zero attached hydrogens (tertiary/aromatic N) is 6. The van der Waals surface area contributed by atoms with E-state index in [1.54, 1.807) is 49.8 Å². The number of rotatable bonds is 5. The molecular weight excluding hydrogens is 449 g/mol. The number of benzene rings is 2. The van der Waals surface area contributed by atoms with E-state index < -0.39 is 34.6 Å². The molecule has 0 saturated carbocycles. The van der Waals surface area contributed by atoms with Crippen LogP contribution in [0.2, 0.25) is 0 Å². The van der Waals surface area contributed by atoms with Crippen LogP contribution in [0.4, 0.5) is 24.5 Å². The van der Waals surface area contributed by atoms with Crippen LogP contribution < -0.4 is 5.56 Å². The van der Waals surface area contributed by atoms with E-state index in [9.17, 15) is 23.1 Å². The molecule has 2 heterocycles.